The van der Waals surface area contributed by atoms with Crippen molar-refractivity contribution in [2.24, 2.45) is 0 Å². The average molecular weight is 277 g/mol. The van der Waals surface area contributed by atoms with Gasteiger partial charge in [0.15, 0.2) is 0 Å². The molecule has 5 heteroatoms. The van der Waals surface area contributed by atoms with Crippen LogP contribution in [-0.4, -0.2) is 40.6 Å². The molecule has 0 saturated carbocycles. The Morgan fingerprint density at radius 3 is 2.75 bits per heavy atom. The summed E-state index contributed by atoms with van der Waals surface area (Å²) in [6, 6.07) is 3.67. The molecule has 1 saturated heterocycles. The number of aromatic nitrogens is 1. The van der Waals surface area contributed by atoms with Crippen LogP contribution >= 0.6 is 0 Å². The first-order valence-corrected chi connectivity index (χ1v) is 7.08. The van der Waals surface area contributed by atoms with Gasteiger partial charge in [0, 0.05) is 24.5 Å². The topological polar surface area (TPSA) is 54.5 Å². The first-order valence-electron chi connectivity index (χ1n) is 7.08. The number of rotatable bonds is 2. The molecule has 1 atom stereocenters. The van der Waals surface area contributed by atoms with E-state index in [1.165, 1.54) is 0 Å². The van der Waals surface area contributed by atoms with Gasteiger partial charge in [-0.2, -0.15) is 0 Å². The fourth-order valence-electron chi connectivity index (χ4n) is 2.23. The molecule has 1 N–H and O–H groups in total. The van der Waals surface area contributed by atoms with Crippen LogP contribution in [0.5, 0.6) is 5.75 Å². The molecule has 110 valence electrons. The van der Waals surface area contributed by atoms with Crippen LogP contribution in [0.3, 0.4) is 0 Å². The van der Waals surface area contributed by atoms with Gasteiger partial charge in [0.25, 0.3) is 0 Å². The smallest absolute Gasteiger partial charge is 0.317 e. The van der Waals surface area contributed by atoms with E-state index < -0.39 is 0 Å². The van der Waals surface area contributed by atoms with Gasteiger partial charge in [0.05, 0.1) is 6.54 Å². The molecule has 0 aromatic carbocycles. The van der Waals surface area contributed by atoms with E-state index in [1.807, 2.05) is 37.8 Å². The maximum Gasteiger partial charge on any atom is 0.317 e. The van der Waals surface area contributed by atoms with Crippen molar-refractivity contribution in [1.29, 1.82) is 0 Å². The first kappa shape index (κ1) is 14.6. The SMILES string of the molecule is CC(C)(C)NC(=O)N1CCC[C@H](Oc2ccncc2)C1. The molecule has 5 nitrogen and oxygen atoms in total. The Kier molecular flexibility index (Phi) is 4.47. The van der Waals surface area contributed by atoms with Gasteiger partial charge in [0.2, 0.25) is 0 Å². The van der Waals surface area contributed by atoms with E-state index in [0.29, 0.717) is 6.54 Å². The second-order valence-corrected chi connectivity index (χ2v) is 6.19. The lowest BCUT2D eigenvalue weighted by Gasteiger charge is -2.35. The van der Waals surface area contributed by atoms with E-state index >= 15 is 0 Å². The number of hydrogen-bond acceptors (Lipinski definition) is 3. The van der Waals surface area contributed by atoms with E-state index in [1.54, 1.807) is 12.4 Å². The van der Waals surface area contributed by atoms with E-state index in [0.717, 1.165) is 25.1 Å². The summed E-state index contributed by atoms with van der Waals surface area (Å²) in [5.41, 5.74) is -0.212. The van der Waals surface area contributed by atoms with Crippen molar-refractivity contribution in [2.45, 2.75) is 45.3 Å². The Morgan fingerprint density at radius 1 is 1.40 bits per heavy atom. The molecule has 1 fully saturated rings. The summed E-state index contributed by atoms with van der Waals surface area (Å²) in [6.07, 6.45) is 5.41. The van der Waals surface area contributed by atoms with Gasteiger partial charge < -0.3 is 15.0 Å². The summed E-state index contributed by atoms with van der Waals surface area (Å²) in [7, 11) is 0. The largest absolute Gasteiger partial charge is 0.488 e. The summed E-state index contributed by atoms with van der Waals surface area (Å²) in [5, 5.41) is 2.99. The molecule has 0 aliphatic carbocycles. The third-order valence-corrected chi connectivity index (χ3v) is 3.10. The number of urea groups is 1. The van der Waals surface area contributed by atoms with E-state index in [4.69, 9.17) is 4.74 Å². The summed E-state index contributed by atoms with van der Waals surface area (Å²) < 4.78 is 5.90. The third kappa shape index (κ3) is 4.40. The standard InChI is InChI=1S/C15H23N3O2/c1-15(2,3)17-14(19)18-10-4-5-13(11-18)20-12-6-8-16-9-7-12/h6-9,13H,4-5,10-11H2,1-3H3,(H,17,19)/t13-/m0/s1. The van der Waals surface area contributed by atoms with Crippen molar-refractivity contribution in [3.05, 3.63) is 24.5 Å². The number of amides is 2. The minimum absolute atomic E-state index is 0.0134. The minimum atomic E-state index is -0.212. The molecule has 20 heavy (non-hydrogen) atoms. The number of pyridine rings is 1. The number of piperidine rings is 1. The summed E-state index contributed by atoms with van der Waals surface area (Å²) >= 11 is 0. The molecule has 1 aromatic heterocycles. The van der Waals surface area contributed by atoms with Gasteiger partial charge in [-0.3, -0.25) is 4.98 Å². The van der Waals surface area contributed by atoms with Crippen molar-refractivity contribution in [1.82, 2.24) is 15.2 Å². The fraction of sp³-hybridized carbons (Fsp3) is 0.600. The first-order chi connectivity index (χ1) is 9.44. The van der Waals surface area contributed by atoms with Crippen LogP contribution in [-0.2, 0) is 0 Å². The number of carbonyl (C=O) groups excluding carboxylic acids is 1. The highest BCUT2D eigenvalue weighted by Crippen LogP contribution is 2.18. The monoisotopic (exact) mass is 277 g/mol. The molecule has 2 heterocycles. The maximum atomic E-state index is 12.2. The number of nitrogens with one attached hydrogen (secondary N) is 1. The molecular formula is C15H23N3O2. The Morgan fingerprint density at radius 2 is 2.10 bits per heavy atom. The lowest BCUT2D eigenvalue weighted by atomic mass is 10.1. The lowest BCUT2D eigenvalue weighted by molar-refractivity contribution is 0.0986. The van der Waals surface area contributed by atoms with Gasteiger partial charge in [-0.1, -0.05) is 0 Å². The fourth-order valence-corrected chi connectivity index (χ4v) is 2.23. The van der Waals surface area contributed by atoms with Gasteiger partial charge in [-0.05, 0) is 45.7 Å². The molecule has 2 rings (SSSR count). The summed E-state index contributed by atoms with van der Waals surface area (Å²) in [5.74, 6) is 0.808. The third-order valence-electron chi connectivity index (χ3n) is 3.10. The van der Waals surface area contributed by atoms with E-state index in [2.05, 4.69) is 10.3 Å². The number of nitrogens with zero attached hydrogens (tertiary/aromatic N) is 2. The molecular weight excluding hydrogens is 254 g/mol. The van der Waals surface area contributed by atoms with Crippen LogP contribution in [0.1, 0.15) is 33.6 Å². The normalized spacial score (nSPS) is 19.6. The zero-order valence-corrected chi connectivity index (χ0v) is 12.4. The molecule has 2 amide bonds. The second-order valence-electron chi connectivity index (χ2n) is 6.19. The van der Waals surface area contributed by atoms with Gasteiger partial charge in [-0.15, -0.1) is 0 Å². The maximum absolute atomic E-state index is 12.2. The van der Waals surface area contributed by atoms with Crippen molar-refractivity contribution >= 4 is 6.03 Å². The van der Waals surface area contributed by atoms with E-state index in [9.17, 15) is 4.79 Å². The van der Waals surface area contributed by atoms with Gasteiger partial charge in [-0.25, -0.2) is 4.79 Å². The average Bonchev–Trinajstić information content (AvgIpc) is 2.38. The van der Waals surface area contributed by atoms with Crippen LogP contribution < -0.4 is 10.1 Å². The van der Waals surface area contributed by atoms with Crippen LogP contribution in [0.25, 0.3) is 0 Å². The molecule has 0 bridgehead atoms. The van der Waals surface area contributed by atoms with Crippen molar-refractivity contribution in [3.63, 3.8) is 0 Å². The predicted octanol–water partition coefficient (Wildman–Crippen LogP) is 2.43. The van der Waals surface area contributed by atoms with Crippen molar-refractivity contribution < 1.29 is 9.53 Å². The zero-order chi connectivity index (χ0) is 14.6. The second kappa shape index (κ2) is 6.11. The Balaban J connectivity index is 1.90. The zero-order valence-electron chi connectivity index (χ0n) is 12.4. The molecule has 0 spiro atoms. The molecule has 1 aliphatic heterocycles. The lowest BCUT2D eigenvalue weighted by Crippen LogP contribution is -2.53. The highest BCUT2D eigenvalue weighted by molar-refractivity contribution is 5.75. The minimum Gasteiger partial charge on any atom is -0.488 e. The van der Waals surface area contributed by atoms with E-state index in [-0.39, 0.29) is 17.7 Å². The van der Waals surface area contributed by atoms with Crippen molar-refractivity contribution in [3.8, 4) is 5.75 Å². The highest BCUT2D eigenvalue weighted by Gasteiger charge is 2.26. The Bertz CT molecular complexity index is 442. The summed E-state index contributed by atoms with van der Waals surface area (Å²) in [4.78, 5) is 18.0. The van der Waals surface area contributed by atoms with Crippen LogP contribution in [0.2, 0.25) is 0 Å². The molecule has 0 radical (unpaired) electrons. The number of hydrogen-bond donors (Lipinski definition) is 1. The van der Waals surface area contributed by atoms with Crippen molar-refractivity contribution in [2.75, 3.05) is 13.1 Å². The number of likely N-dealkylation sites (tertiary alicyclic amines) is 1. The van der Waals surface area contributed by atoms with Gasteiger partial charge >= 0.3 is 6.03 Å². The molecule has 1 aliphatic rings. The molecule has 1 aromatic rings. The van der Waals surface area contributed by atoms with Crippen LogP contribution in [0.15, 0.2) is 24.5 Å². The number of carbonyl (C=O) groups is 1. The van der Waals surface area contributed by atoms with Gasteiger partial charge in [0.1, 0.15) is 11.9 Å². The molecule has 0 unspecified atom stereocenters. The number of ether oxygens (including phenoxy) is 1. The predicted molar refractivity (Wildman–Crippen MR) is 77.7 cm³/mol. The Labute approximate surface area is 120 Å². The van der Waals surface area contributed by atoms with Crippen LogP contribution in [0, 0.1) is 0 Å². The Hall–Kier alpha value is -1.78. The quantitative estimate of drug-likeness (QED) is 0.903. The van der Waals surface area contributed by atoms with Crippen LogP contribution in [0.4, 0.5) is 4.79 Å². The highest BCUT2D eigenvalue weighted by atomic mass is 16.5. The summed E-state index contributed by atoms with van der Waals surface area (Å²) in [6.45, 7) is 7.38.